The lowest BCUT2D eigenvalue weighted by molar-refractivity contribution is -0.870. The number of carbonyl (C=O) groups is 2. The first-order valence-corrected chi connectivity index (χ1v) is 36.8. The van der Waals surface area contributed by atoms with Crippen molar-refractivity contribution in [2.24, 2.45) is 0 Å². The Balaban J connectivity index is 5.14. The Kier molecular flexibility index (Phi) is 61.7. The van der Waals surface area contributed by atoms with Crippen LogP contribution < -0.4 is 10.2 Å². The fourth-order valence-corrected chi connectivity index (χ4v) is 10.4. The van der Waals surface area contributed by atoms with E-state index < -0.39 is 26.6 Å². The van der Waals surface area contributed by atoms with Gasteiger partial charge in [-0.1, -0.05) is 284 Å². The molecular weight excluding hydrogens is 1080 g/mol. The highest BCUT2D eigenvalue weighted by Crippen LogP contribution is 2.38. The van der Waals surface area contributed by atoms with Gasteiger partial charge in [0.1, 0.15) is 19.3 Å². The zero-order chi connectivity index (χ0) is 62.8. The van der Waals surface area contributed by atoms with Gasteiger partial charge in [0.05, 0.1) is 33.8 Å². The molecule has 0 aromatic heterocycles. The molecule has 0 spiro atoms. The summed E-state index contributed by atoms with van der Waals surface area (Å²) in [7, 11) is 1.16. The number of quaternary nitrogens is 1. The summed E-state index contributed by atoms with van der Waals surface area (Å²) in [4.78, 5) is 40.2. The molecule has 0 heterocycles. The number of allylic oxidation sites excluding steroid dienone is 19. The van der Waals surface area contributed by atoms with Gasteiger partial charge in [-0.2, -0.15) is 0 Å². The Morgan fingerprint density at radius 3 is 1.14 bits per heavy atom. The van der Waals surface area contributed by atoms with Crippen molar-refractivity contribution in [2.75, 3.05) is 40.9 Å². The van der Waals surface area contributed by atoms with Gasteiger partial charge in [-0.15, -0.1) is 0 Å². The van der Waals surface area contributed by atoms with Gasteiger partial charge in [-0.25, -0.2) is 0 Å². The van der Waals surface area contributed by atoms with E-state index in [9.17, 15) is 19.0 Å². The van der Waals surface area contributed by atoms with E-state index in [2.05, 4.69) is 135 Å². The molecule has 3 unspecified atom stereocenters. The predicted octanol–water partition coefficient (Wildman–Crippen LogP) is 22.0. The Labute approximate surface area is 531 Å². The van der Waals surface area contributed by atoms with Crippen LogP contribution in [0, 0.1) is 0 Å². The number of phosphoric ester groups is 1. The van der Waals surface area contributed by atoms with Crippen LogP contribution in [0.4, 0.5) is 0 Å². The molecule has 0 aromatic rings. The molecule has 10 heteroatoms. The number of esters is 1. The predicted molar refractivity (Wildman–Crippen MR) is 371 cm³/mol. The number of carbonyl (C=O) groups excluding carboxylic acids is 2. The number of ether oxygens (including phenoxy) is 1. The highest BCUT2D eigenvalue weighted by Gasteiger charge is 2.27. The van der Waals surface area contributed by atoms with Crippen molar-refractivity contribution in [3.8, 4) is 0 Å². The number of nitrogens with one attached hydrogen (secondary N) is 1. The van der Waals surface area contributed by atoms with Crippen LogP contribution in [0.5, 0.6) is 0 Å². The van der Waals surface area contributed by atoms with Crippen LogP contribution in [0.2, 0.25) is 0 Å². The second kappa shape index (κ2) is 64.4. The number of hydrogen-bond donors (Lipinski definition) is 1. The van der Waals surface area contributed by atoms with E-state index in [1.165, 1.54) is 116 Å². The first-order valence-electron chi connectivity index (χ1n) is 35.3. The van der Waals surface area contributed by atoms with Gasteiger partial charge in [0.15, 0.2) is 0 Å². The number of hydrogen-bond acceptors (Lipinski definition) is 7. The molecule has 1 N–H and O–H groups in total. The molecule has 0 bridgehead atoms. The molecule has 3 atom stereocenters. The van der Waals surface area contributed by atoms with E-state index in [4.69, 9.17) is 13.8 Å². The van der Waals surface area contributed by atoms with Gasteiger partial charge in [0.25, 0.3) is 7.82 Å². The van der Waals surface area contributed by atoms with E-state index in [0.717, 1.165) is 141 Å². The summed E-state index contributed by atoms with van der Waals surface area (Å²) in [6.07, 6.45) is 90.3. The molecule has 9 nitrogen and oxygen atoms in total. The standard InChI is InChI=1S/C76H133N2O7P/c1-7-10-13-16-19-22-25-28-30-32-34-36-38-39-41-42-44-46-48-50-53-56-59-62-65-68-75(79)77-73(72-84-86(81,82)83-71-70-78(4,5)6)74(67-64-61-58-55-52-27-24-21-18-15-12-9-3)85-76(80)69-66-63-60-57-54-51-49-47-45-43-40-37-35-33-31-29-26-23-20-17-14-11-8-2/h10,13,19-20,22-23,28-31,34-37,39,41,44,46,64,67,73-74H,7-9,11-12,14-18,21,24-27,32-33,38,40,42-43,45,47-63,65-66,68-72H2,1-6H3,(H-,77,79,81,82)/b13-10-,22-19-,23-20-,30-28-,31-29-,36-34-,37-35-,41-39-,46-44-,67-64+. The third kappa shape index (κ3) is 64.9. The van der Waals surface area contributed by atoms with Gasteiger partial charge >= 0.3 is 5.97 Å². The third-order valence-electron chi connectivity index (χ3n) is 15.1. The van der Waals surface area contributed by atoms with Crippen molar-refractivity contribution < 1.29 is 37.3 Å². The summed E-state index contributed by atoms with van der Waals surface area (Å²) in [5, 5.41) is 3.03. The molecule has 0 rings (SSSR count). The fourth-order valence-electron chi connectivity index (χ4n) is 9.71. The van der Waals surface area contributed by atoms with Crippen molar-refractivity contribution in [3.05, 3.63) is 122 Å². The van der Waals surface area contributed by atoms with Crippen LogP contribution in [0.25, 0.3) is 0 Å². The van der Waals surface area contributed by atoms with Crippen molar-refractivity contribution in [1.82, 2.24) is 5.32 Å². The van der Waals surface area contributed by atoms with Crippen molar-refractivity contribution in [2.45, 2.75) is 309 Å². The number of rotatable bonds is 63. The molecule has 0 aliphatic carbocycles. The maximum atomic E-state index is 13.6. The Hall–Kier alpha value is -3.59. The monoisotopic (exact) mass is 1220 g/mol. The van der Waals surface area contributed by atoms with Crippen LogP contribution in [-0.4, -0.2) is 69.4 Å². The van der Waals surface area contributed by atoms with E-state index in [1.807, 2.05) is 33.3 Å². The SMILES string of the molecule is CC/C=C\C/C=C\C/C=C\C/C=C\C/C=C\C/C=C\CCCCCCCCC(=O)NC(COP(=O)([O-])OCC[N+](C)(C)C)C(/C=C/CCCCCCCCCCCC)OC(=O)CCCCCCCCCCCC/C=C\C/C=C\C/C=C\CCCCC. The second-order valence-electron chi connectivity index (χ2n) is 24.6. The molecule has 0 aliphatic rings. The van der Waals surface area contributed by atoms with Gasteiger partial charge in [-0.3, -0.25) is 14.2 Å². The van der Waals surface area contributed by atoms with Crippen LogP contribution in [0.15, 0.2) is 122 Å². The minimum Gasteiger partial charge on any atom is -0.756 e. The highest BCUT2D eigenvalue weighted by molar-refractivity contribution is 7.45. The normalized spacial score (nSPS) is 14.3. The number of likely N-dealkylation sites (N-methyl/N-ethyl adjacent to an activating group) is 1. The van der Waals surface area contributed by atoms with Gasteiger partial charge in [-0.05, 0) is 122 Å². The average molecular weight is 1220 g/mol. The summed E-state index contributed by atoms with van der Waals surface area (Å²) in [6.45, 7) is 6.69. The van der Waals surface area contributed by atoms with E-state index >= 15 is 0 Å². The quantitative estimate of drug-likeness (QED) is 0.0212. The van der Waals surface area contributed by atoms with Crippen LogP contribution >= 0.6 is 7.82 Å². The first-order chi connectivity index (χ1) is 41.9. The lowest BCUT2D eigenvalue weighted by atomic mass is 10.0. The van der Waals surface area contributed by atoms with Crippen LogP contribution in [0.3, 0.4) is 0 Å². The summed E-state index contributed by atoms with van der Waals surface area (Å²) >= 11 is 0. The zero-order valence-electron chi connectivity index (χ0n) is 56.5. The average Bonchev–Trinajstić information content (AvgIpc) is 3.69. The zero-order valence-corrected chi connectivity index (χ0v) is 57.4. The highest BCUT2D eigenvalue weighted by atomic mass is 31.2. The maximum Gasteiger partial charge on any atom is 0.306 e. The number of phosphoric acid groups is 1. The molecule has 0 saturated heterocycles. The van der Waals surface area contributed by atoms with E-state index in [1.54, 1.807) is 0 Å². The smallest absolute Gasteiger partial charge is 0.306 e. The molecule has 0 aliphatic heterocycles. The molecule has 86 heavy (non-hydrogen) atoms. The molecule has 0 aromatic carbocycles. The molecule has 0 fully saturated rings. The van der Waals surface area contributed by atoms with Gasteiger partial charge < -0.3 is 28.5 Å². The van der Waals surface area contributed by atoms with Crippen molar-refractivity contribution in [3.63, 3.8) is 0 Å². The number of amides is 1. The van der Waals surface area contributed by atoms with Crippen LogP contribution in [0.1, 0.15) is 297 Å². The summed E-state index contributed by atoms with van der Waals surface area (Å²) in [5.41, 5.74) is 0. The third-order valence-corrected chi connectivity index (χ3v) is 16.1. The minimum absolute atomic E-state index is 0.0320. The summed E-state index contributed by atoms with van der Waals surface area (Å²) in [6, 6.07) is -0.907. The lowest BCUT2D eigenvalue weighted by Crippen LogP contribution is -2.47. The molecule has 494 valence electrons. The maximum absolute atomic E-state index is 13.6. The van der Waals surface area contributed by atoms with E-state index in [0.29, 0.717) is 23.9 Å². The molecule has 0 saturated carbocycles. The Bertz CT molecular complexity index is 1890. The number of unbranched alkanes of at least 4 members (excludes halogenated alkanes) is 29. The summed E-state index contributed by atoms with van der Waals surface area (Å²) in [5.74, 6) is -0.564. The van der Waals surface area contributed by atoms with E-state index in [-0.39, 0.29) is 24.9 Å². The summed E-state index contributed by atoms with van der Waals surface area (Å²) < 4.78 is 30.4. The van der Waals surface area contributed by atoms with Gasteiger partial charge in [0, 0.05) is 12.8 Å². The van der Waals surface area contributed by atoms with Crippen molar-refractivity contribution in [1.29, 1.82) is 0 Å². The van der Waals surface area contributed by atoms with Gasteiger partial charge in [0.2, 0.25) is 5.91 Å². The second-order valence-corrected chi connectivity index (χ2v) is 26.1. The first kappa shape index (κ1) is 82.4. The molecule has 1 amide bonds. The number of nitrogens with zero attached hydrogens (tertiary/aromatic N) is 1. The Morgan fingerprint density at radius 1 is 0.419 bits per heavy atom. The molecule has 0 radical (unpaired) electrons. The lowest BCUT2D eigenvalue weighted by Gasteiger charge is -2.30. The topological polar surface area (TPSA) is 114 Å². The van der Waals surface area contributed by atoms with Crippen molar-refractivity contribution >= 4 is 19.7 Å². The largest absolute Gasteiger partial charge is 0.756 e. The minimum atomic E-state index is -4.72. The fraction of sp³-hybridized carbons (Fsp3) is 0.711. The van der Waals surface area contributed by atoms with Crippen LogP contribution in [-0.2, 0) is 27.9 Å². The molecular formula is C76H133N2O7P. The Morgan fingerprint density at radius 2 is 0.744 bits per heavy atom.